The van der Waals surface area contributed by atoms with Crippen molar-refractivity contribution in [3.8, 4) is 5.88 Å². The maximum atomic E-state index is 10.7. The number of nitrogens with zero attached hydrogens (tertiary/aromatic N) is 3. The van der Waals surface area contributed by atoms with Gasteiger partial charge in [0.25, 0.3) is 0 Å². The minimum Gasteiger partial charge on any atom is -0.493 e. The van der Waals surface area contributed by atoms with Crippen LogP contribution in [0, 0.1) is 6.92 Å². The number of benzene rings is 2. The lowest BCUT2D eigenvalue weighted by Gasteiger charge is -2.27. The van der Waals surface area contributed by atoms with E-state index in [1.807, 2.05) is 53.6 Å². The lowest BCUT2D eigenvalue weighted by Crippen LogP contribution is -2.22. The average molecular weight is 323 g/mol. The number of aromatic hydroxyl groups is 1. The van der Waals surface area contributed by atoms with Gasteiger partial charge in [-0.15, -0.1) is 5.11 Å². The molecule has 1 fully saturated rings. The van der Waals surface area contributed by atoms with Crippen molar-refractivity contribution in [2.45, 2.75) is 13.0 Å². The number of fused-ring (bicyclic) bond motifs is 1. The molecule has 0 saturated carbocycles. The summed E-state index contributed by atoms with van der Waals surface area (Å²) in [5, 5.41) is 20.3. The molecule has 1 aromatic heterocycles. The third-order valence-electron chi connectivity index (χ3n) is 4.11. The highest BCUT2D eigenvalue weighted by atomic mass is 32.2. The van der Waals surface area contributed by atoms with Crippen LogP contribution in [0.2, 0.25) is 0 Å². The van der Waals surface area contributed by atoms with Crippen LogP contribution in [0.3, 0.4) is 0 Å². The van der Waals surface area contributed by atoms with E-state index in [0.717, 1.165) is 33.7 Å². The van der Waals surface area contributed by atoms with Crippen LogP contribution in [0.1, 0.15) is 11.6 Å². The number of hydrogen-bond donors (Lipinski definition) is 1. The van der Waals surface area contributed by atoms with E-state index in [9.17, 15) is 5.11 Å². The first-order valence-electron chi connectivity index (χ1n) is 7.62. The number of aryl methyl sites for hydroxylation is 1. The summed E-state index contributed by atoms with van der Waals surface area (Å²) < 4.78 is 2.00. The van der Waals surface area contributed by atoms with Crippen LogP contribution >= 0.6 is 11.8 Å². The first kappa shape index (κ1) is 14.3. The fourth-order valence-electron chi connectivity index (χ4n) is 2.84. The van der Waals surface area contributed by atoms with E-state index in [1.54, 1.807) is 0 Å². The van der Waals surface area contributed by atoms with Crippen LogP contribution in [0.25, 0.3) is 10.9 Å². The van der Waals surface area contributed by atoms with E-state index >= 15 is 0 Å². The predicted octanol–water partition coefficient (Wildman–Crippen LogP) is 5.36. The van der Waals surface area contributed by atoms with Gasteiger partial charge < -0.3 is 9.67 Å². The maximum Gasteiger partial charge on any atom is 0.221 e. The third-order valence-corrected chi connectivity index (χ3v) is 5.35. The summed E-state index contributed by atoms with van der Waals surface area (Å²) >= 11 is 1.89. The molecule has 0 bridgehead atoms. The molecule has 2 aromatic carbocycles. The fourth-order valence-corrected chi connectivity index (χ4v) is 3.59. The Labute approximate surface area is 138 Å². The molecule has 3 aromatic rings. The Morgan fingerprint density at radius 2 is 1.87 bits per heavy atom. The minimum atomic E-state index is 0.218. The van der Waals surface area contributed by atoms with Crippen molar-refractivity contribution < 1.29 is 5.11 Å². The average Bonchev–Trinajstić information content (AvgIpc) is 2.77. The molecular formula is C18H17N3OS. The van der Waals surface area contributed by atoms with Crippen molar-refractivity contribution in [2.24, 2.45) is 10.2 Å². The largest absolute Gasteiger partial charge is 0.493 e. The van der Waals surface area contributed by atoms with E-state index in [0.29, 0.717) is 11.7 Å². The Kier molecular flexibility index (Phi) is 3.58. The van der Waals surface area contributed by atoms with Crippen molar-refractivity contribution in [1.29, 1.82) is 0 Å². The topological polar surface area (TPSA) is 49.9 Å². The van der Waals surface area contributed by atoms with Crippen molar-refractivity contribution in [3.05, 3.63) is 54.1 Å². The zero-order valence-electron chi connectivity index (χ0n) is 12.8. The molecule has 0 aliphatic carbocycles. The zero-order valence-corrected chi connectivity index (χ0v) is 13.6. The Bertz CT molecular complexity index is 882. The molecule has 23 heavy (non-hydrogen) atoms. The second-order valence-electron chi connectivity index (χ2n) is 5.79. The van der Waals surface area contributed by atoms with Crippen LogP contribution in [0.4, 0.5) is 11.4 Å². The summed E-state index contributed by atoms with van der Waals surface area (Å²) in [5.74, 6) is 2.27. The Hall–Kier alpha value is -2.27. The van der Waals surface area contributed by atoms with E-state index in [2.05, 4.69) is 28.4 Å². The lowest BCUT2D eigenvalue weighted by atomic mass is 10.1. The summed E-state index contributed by atoms with van der Waals surface area (Å²) in [6, 6.07) is 16.1. The molecule has 4 rings (SSSR count). The van der Waals surface area contributed by atoms with Gasteiger partial charge in [-0.25, -0.2) is 0 Å². The molecular weight excluding hydrogens is 306 g/mol. The summed E-state index contributed by atoms with van der Waals surface area (Å²) in [4.78, 5) is 0. The van der Waals surface area contributed by atoms with Gasteiger partial charge in [0.15, 0.2) is 5.69 Å². The van der Waals surface area contributed by atoms with Gasteiger partial charge >= 0.3 is 0 Å². The second kappa shape index (κ2) is 5.74. The standard InChI is InChI=1S/C18H17N3OS/c1-12-7-8-16-15(9-12)17(18(22)21(16)14-10-23-11-14)20-19-13-5-3-2-4-6-13/h2-9,14,22H,10-11H2,1H3. The summed E-state index contributed by atoms with van der Waals surface area (Å²) in [5.41, 5.74) is 3.51. The number of hydrogen-bond acceptors (Lipinski definition) is 4. The Balaban J connectivity index is 1.86. The Morgan fingerprint density at radius 3 is 2.57 bits per heavy atom. The van der Waals surface area contributed by atoms with E-state index in [-0.39, 0.29) is 5.88 Å². The molecule has 1 aliphatic heterocycles. The normalized spacial score (nSPS) is 15.3. The highest BCUT2D eigenvalue weighted by Gasteiger charge is 2.27. The summed E-state index contributed by atoms with van der Waals surface area (Å²) in [6.45, 7) is 2.05. The molecule has 0 atom stereocenters. The highest BCUT2D eigenvalue weighted by Crippen LogP contribution is 2.45. The SMILES string of the molecule is Cc1ccc2c(c1)c(N=Nc1ccccc1)c(O)n2C1CSC1. The molecule has 116 valence electrons. The van der Waals surface area contributed by atoms with Crippen molar-refractivity contribution in [3.63, 3.8) is 0 Å². The van der Waals surface area contributed by atoms with Crippen molar-refractivity contribution in [2.75, 3.05) is 11.5 Å². The zero-order chi connectivity index (χ0) is 15.8. The van der Waals surface area contributed by atoms with Crippen LogP contribution in [0.15, 0.2) is 58.8 Å². The number of thioether (sulfide) groups is 1. The molecule has 1 saturated heterocycles. The van der Waals surface area contributed by atoms with Gasteiger partial charge in [0, 0.05) is 16.9 Å². The van der Waals surface area contributed by atoms with E-state index in [1.165, 1.54) is 0 Å². The molecule has 5 heteroatoms. The molecule has 1 N–H and O–H groups in total. The Morgan fingerprint density at radius 1 is 1.09 bits per heavy atom. The van der Waals surface area contributed by atoms with Gasteiger partial charge in [-0.2, -0.15) is 16.9 Å². The molecule has 1 aliphatic rings. The number of aromatic nitrogens is 1. The quantitative estimate of drug-likeness (QED) is 0.660. The minimum absolute atomic E-state index is 0.218. The molecule has 0 spiro atoms. The fraction of sp³-hybridized carbons (Fsp3) is 0.222. The molecule has 2 heterocycles. The van der Waals surface area contributed by atoms with Gasteiger partial charge in [-0.05, 0) is 31.2 Å². The van der Waals surface area contributed by atoms with Crippen LogP contribution in [-0.4, -0.2) is 21.2 Å². The van der Waals surface area contributed by atoms with Crippen LogP contribution in [0.5, 0.6) is 5.88 Å². The summed E-state index contributed by atoms with van der Waals surface area (Å²) in [6.07, 6.45) is 0. The van der Waals surface area contributed by atoms with Gasteiger partial charge in [0.1, 0.15) is 0 Å². The van der Waals surface area contributed by atoms with Crippen molar-refractivity contribution in [1.82, 2.24) is 4.57 Å². The monoisotopic (exact) mass is 323 g/mol. The van der Waals surface area contributed by atoms with Crippen molar-refractivity contribution >= 4 is 34.0 Å². The maximum absolute atomic E-state index is 10.7. The van der Waals surface area contributed by atoms with Gasteiger partial charge in [0.2, 0.25) is 5.88 Å². The predicted molar refractivity (Wildman–Crippen MR) is 95.3 cm³/mol. The van der Waals surface area contributed by atoms with Crippen LogP contribution in [-0.2, 0) is 0 Å². The molecule has 0 unspecified atom stereocenters. The lowest BCUT2D eigenvalue weighted by molar-refractivity contribution is 0.406. The number of rotatable bonds is 3. The van der Waals surface area contributed by atoms with Crippen LogP contribution < -0.4 is 0 Å². The molecule has 0 amide bonds. The van der Waals surface area contributed by atoms with Gasteiger partial charge in [-0.1, -0.05) is 29.8 Å². The smallest absolute Gasteiger partial charge is 0.221 e. The van der Waals surface area contributed by atoms with E-state index in [4.69, 9.17) is 0 Å². The molecule has 4 nitrogen and oxygen atoms in total. The third kappa shape index (κ3) is 2.51. The second-order valence-corrected chi connectivity index (χ2v) is 6.86. The first-order chi connectivity index (χ1) is 11.2. The number of azo groups is 1. The summed E-state index contributed by atoms with van der Waals surface area (Å²) in [7, 11) is 0. The van der Waals surface area contributed by atoms with Gasteiger partial charge in [0.05, 0.1) is 17.2 Å². The molecule has 0 radical (unpaired) electrons. The van der Waals surface area contributed by atoms with Gasteiger partial charge in [-0.3, -0.25) is 0 Å². The highest BCUT2D eigenvalue weighted by molar-refractivity contribution is 8.00. The first-order valence-corrected chi connectivity index (χ1v) is 8.77. The van der Waals surface area contributed by atoms with E-state index < -0.39 is 0 Å².